The predicted octanol–water partition coefficient (Wildman–Crippen LogP) is -0.0172. The van der Waals surface area contributed by atoms with E-state index in [1.54, 1.807) is 12.1 Å². The lowest BCUT2D eigenvalue weighted by molar-refractivity contribution is 0.621. The molecule has 0 N–H and O–H groups in total. The lowest BCUT2D eigenvalue weighted by Crippen LogP contribution is -2.16. The Bertz CT molecular complexity index is 1440. The summed E-state index contributed by atoms with van der Waals surface area (Å²) >= 11 is 0. The second kappa shape index (κ2) is 5.00. The first-order chi connectivity index (χ1) is 10.4. The van der Waals surface area contributed by atoms with Gasteiger partial charge in [-0.15, -0.1) is 0 Å². The fraction of sp³-hybridized carbons (Fsp3) is 0. The van der Waals surface area contributed by atoms with Gasteiger partial charge in [-0.05, 0) is 12.1 Å². The van der Waals surface area contributed by atoms with Gasteiger partial charge in [-0.1, -0.05) is 24.3 Å². The highest BCUT2D eigenvalue weighted by atomic mass is 32.2. The molecule has 0 spiro atoms. The molecule has 22 heavy (non-hydrogen) atoms. The van der Waals surface area contributed by atoms with Crippen molar-refractivity contribution in [2.24, 2.45) is 0 Å². The van der Waals surface area contributed by atoms with Crippen molar-refractivity contribution in [1.82, 2.24) is 0 Å². The molecule has 0 unspecified atom stereocenters. The van der Waals surface area contributed by atoms with Crippen molar-refractivity contribution in [2.45, 2.75) is 0 Å². The van der Waals surface area contributed by atoms with Crippen molar-refractivity contribution >= 4 is 31.4 Å². The third-order valence-corrected chi connectivity index (χ3v) is 4.94. The monoisotopic (exact) mass is 334 g/mol. The molecule has 1 aromatic carbocycles. The van der Waals surface area contributed by atoms with Crippen LogP contribution in [-0.4, -0.2) is 16.8 Å². The highest BCUT2D eigenvalue weighted by molar-refractivity contribution is 7.66. The van der Waals surface area contributed by atoms with Gasteiger partial charge < -0.3 is 0 Å². The summed E-state index contributed by atoms with van der Waals surface area (Å²) in [7, 11) is -5.83. The first kappa shape index (κ1) is 14.4. The lowest BCUT2D eigenvalue weighted by Gasteiger charge is -1.97. The summed E-state index contributed by atoms with van der Waals surface area (Å²) in [5.41, 5.74) is -1.20. The number of hydrogen-bond acceptors (Lipinski definition) is 6. The maximum absolute atomic E-state index is 12.5. The maximum Gasteiger partial charge on any atom is 0.223 e. The fourth-order valence-electron chi connectivity index (χ4n) is 2.43. The van der Waals surface area contributed by atoms with E-state index in [0.717, 1.165) is 12.1 Å². The summed E-state index contributed by atoms with van der Waals surface area (Å²) in [5.74, 6) is 0. The van der Waals surface area contributed by atoms with Crippen molar-refractivity contribution in [1.29, 1.82) is 0 Å². The van der Waals surface area contributed by atoms with E-state index in [1.807, 2.05) is 0 Å². The van der Waals surface area contributed by atoms with Gasteiger partial charge in [0.1, 0.15) is 9.02 Å². The molecule has 8 heteroatoms. The number of fused-ring (bicyclic) bond motifs is 1. The Morgan fingerprint density at radius 3 is 1.82 bits per heavy atom. The highest BCUT2D eigenvalue weighted by Crippen LogP contribution is 2.07. The van der Waals surface area contributed by atoms with Gasteiger partial charge in [0.05, 0.1) is 5.22 Å². The molecule has 1 aromatic rings. The molecule has 0 atom stereocenters. The Balaban J connectivity index is 3.12. The second-order valence-electron chi connectivity index (χ2n) is 4.49. The van der Waals surface area contributed by atoms with Crippen LogP contribution in [0, 0.1) is 19.5 Å². The van der Waals surface area contributed by atoms with E-state index in [2.05, 4.69) is 0 Å². The summed E-state index contributed by atoms with van der Waals surface area (Å²) in [6.07, 6.45) is 0. The largest absolute Gasteiger partial charge is 0.289 e. The Kier molecular flexibility index (Phi) is 3.27. The number of hydrogen-bond donors (Lipinski definition) is 0. The van der Waals surface area contributed by atoms with Crippen molar-refractivity contribution in [3.8, 4) is 0 Å². The van der Waals surface area contributed by atoms with E-state index in [4.69, 9.17) is 0 Å². The Morgan fingerprint density at radius 2 is 1.27 bits per heavy atom. The minimum Gasteiger partial charge on any atom is -0.289 e. The normalized spacial score (nSPS) is 10.9. The molecule has 3 rings (SSSR count). The molecule has 0 saturated carbocycles. The van der Waals surface area contributed by atoms with Gasteiger partial charge in [-0.25, -0.2) is 0 Å². The van der Waals surface area contributed by atoms with Crippen molar-refractivity contribution in [3.63, 3.8) is 0 Å². The third-order valence-electron chi connectivity index (χ3n) is 3.36. The van der Waals surface area contributed by atoms with Gasteiger partial charge in [0.2, 0.25) is 20.6 Å². The average molecular weight is 334 g/mol. The Morgan fingerprint density at radius 1 is 0.682 bits per heavy atom. The molecule has 0 aliphatic heterocycles. The van der Waals surface area contributed by atoms with Gasteiger partial charge in [-0.2, -0.15) is 16.8 Å². The molecule has 110 valence electrons. The molecular weight excluding hydrogens is 328 g/mol. The van der Waals surface area contributed by atoms with Crippen LogP contribution in [0.4, 0.5) is 0 Å². The van der Waals surface area contributed by atoms with Crippen LogP contribution in [0.1, 0.15) is 0 Å². The van der Waals surface area contributed by atoms with Gasteiger partial charge in [0.15, 0.2) is 10.9 Å². The molecular formula is C14H6O6S2. The van der Waals surface area contributed by atoms with E-state index in [-0.39, 0.29) is 16.0 Å². The summed E-state index contributed by atoms with van der Waals surface area (Å²) in [5, 5.41) is -0.282. The van der Waals surface area contributed by atoms with Gasteiger partial charge in [-0.3, -0.25) is 9.59 Å². The predicted molar refractivity (Wildman–Crippen MR) is 78.5 cm³/mol. The van der Waals surface area contributed by atoms with Crippen LogP contribution in [0.2, 0.25) is 0 Å². The summed E-state index contributed by atoms with van der Waals surface area (Å²) in [4.78, 5) is 24.9. The van der Waals surface area contributed by atoms with E-state index < -0.39 is 45.7 Å². The fourth-order valence-corrected chi connectivity index (χ4v) is 3.88. The van der Waals surface area contributed by atoms with Gasteiger partial charge in [0, 0.05) is 16.0 Å². The van der Waals surface area contributed by atoms with Crippen LogP contribution in [0.15, 0.2) is 46.0 Å². The smallest absolute Gasteiger partial charge is 0.223 e. The standard InChI is InChI=1S/C14H6O6S2/c15-12-7-3-1-2-4-8(7)13(16)11-9(12)5-6-10(21(17)18)14(11)22(19)20/h1-6H. The van der Waals surface area contributed by atoms with E-state index >= 15 is 0 Å². The summed E-state index contributed by atoms with van der Waals surface area (Å²) in [6, 6.07) is 8.16. The lowest BCUT2D eigenvalue weighted by atomic mass is 10.1. The van der Waals surface area contributed by atoms with E-state index in [1.165, 1.54) is 12.1 Å². The third kappa shape index (κ3) is 1.92. The van der Waals surface area contributed by atoms with Crippen LogP contribution in [0.5, 0.6) is 0 Å². The van der Waals surface area contributed by atoms with E-state index in [9.17, 15) is 26.4 Å². The molecule has 0 aromatic heterocycles. The van der Waals surface area contributed by atoms with Crippen molar-refractivity contribution in [3.05, 3.63) is 76.3 Å². The first-order valence-electron chi connectivity index (χ1n) is 5.97. The molecule has 2 aliphatic rings. The van der Waals surface area contributed by atoms with E-state index in [0.29, 0.717) is 0 Å². The molecule has 0 heterocycles. The molecule has 2 aliphatic carbocycles. The molecule has 0 radical (unpaired) electrons. The molecule has 6 nitrogen and oxygen atoms in total. The highest BCUT2D eigenvalue weighted by Gasteiger charge is 2.10. The van der Waals surface area contributed by atoms with Crippen LogP contribution in [-0.2, 0) is 20.6 Å². The topological polar surface area (TPSA) is 102 Å². The molecule has 0 saturated heterocycles. The van der Waals surface area contributed by atoms with Crippen LogP contribution < -0.4 is 10.9 Å². The average Bonchev–Trinajstić information content (AvgIpc) is 2.51. The van der Waals surface area contributed by atoms with Gasteiger partial charge in [0.25, 0.3) is 0 Å². The second-order valence-corrected chi connectivity index (χ2v) is 6.28. The minimum atomic E-state index is -2.98. The van der Waals surface area contributed by atoms with Crippen LogP contribution >= 0.6 is 0 Å². The Labute approximate surface area is 125 Å². The Hall–Kier alpha value is -2.58. The SMILES string of the molecule is O=c1c2ccc(=S(=O)=O)c(=S(=O)=O)c=2c(=O)c2ccccc12. The van der Waals surface area contributed by atoms with Crippen molar-refractivity contribution < 1.29 is 16.8 Å². The minimum absolute atomic E-state index is 0.0560. The number of rotatable bonds is 0. The molecule has 0 amide bonds. The maximum atomic E-state index is 12.5. The molecule has 0 bridgehead atoms. The first-order valence-corrected chi connectivity index (χ1v) is 8.12. The van der Waals surface area contributed by atoms with Crippen LogP contribution in [0.3, 0.4) is 0 Å². The zero-order chi connectivity index (χ0) is 16.0. The van der Waals surface area contributed by atoms with Gasteiger partial charge >= 0.3 is 0 Å². The summed E-state index contributed by atoms with van der Waals surface area (Å²) in [6.45, 7) is 0. The summed E-state index contributed by atoms with van der Waals surface area (Å²) < 4.78 is 44.0. The number of benzene rings is 1. The zero-order valence-corrected chi connectivity index (χ0v) is 12.4. The van der Waals surface area contributed by atoms with Crippen LogP contribution in [0.25, 0.3) is 10.8 Å². The zero-order valence-electron chi connectivity index (χ0n) is 10.7. The van der Waals surface area contributed by atoms with Crippen molar-refractivity contribution in [2.75, 3.05) is 0 Å². The molecule has 0 fully saturated rings. The quantitative estimate of drug-likeness (QED) is 0.536.